The zero-order chi connectivity index (χ0) is 34.8. The van der Waals surface area contributed by atoms with Crippen molar-refractivity contribution in [3.63, 3.8) is 0 Å². The van der Waals surface area contributed by atoms with E-state index >= 15 is 0 Å². The number of fused-ring (bicyclic) bond motifs is 6. The number of benzene rings is 7. The van der Waals surface area contributed by atoms with E-state index in [0.29, 0.717) is 17.5 Å². The fraction of sp³-hybridized carbons (Fsp3) is 0.0625. The molecule has 246 valence electrons. The molecule has 1 aliphatic rings. The number of hydrogen-bond donors (Lipinski definition) is 0. The fourth-order valence-electron chi connectivity index (χ4n) is 7.88. The Bertz CT molecular complexity index is 2810. The topological polar surface area (TPSA) is 38.7 Å². The molecule has 0 radical (unpaired) electrons. The highest BCUT2D eigenvalue weighted by Crippen LogP contribution is 2.51. The van der Waals surface area contributed by atoms with Crippen molar-refractivity contribution in [2.75, 3.05) is 0 Å². The van der Waals surface area contributed by atoms with Gasteiger partial charge >= 0.3 is 0 Å². The quantitative estimate of drug-likeness (QED) is 0.181. The van der Waals surface area contributed by atoms with Crippen LogP contribution in [0.25, 0.3) is 87.7 Å². The summed E-state index contributed by atoms with van der Waals surface area (Å²) in [7, 11) is 0. The first-order valence-corrected chi connectivity index (χ1v) is 18.5. The predicted molar refractivity (Wildman–Crippen MR) is 217 cm³/mol. The second-order valence-electron chi connectivity index (χ2n) is 14.0. The summed E-state index contributed by atoms with van der Waals surface area (Å²) in [5.41, 5.74) is 12.5. The van der Waals surface area contributed by atoms with Gasteiger partial charge in [0.25, 0.3) is 0 Å². The molecule has 0 aliphatic heterocycles. The van der Waals surface area contributed by atoms with Crippen LogP contribution in [0.5, 0.6) is 0 Å². The second kappa shape index (κ2) is 11.9. The first kappa shape index (κ1) is 30.6. The van der Waals surface area contributed by atoms with E-state index in [1.807, 2.05) is 17.4 Å². The highest BCUT2D eigenvalue weighted by Gasteiger charge is 2.37. The lowest BCUT2D eigenvalue weighted by molar-refractivity contribution is 0.660. The van der Waals surface area contributed by atoms with E-state index in [9.17, 15) is 0 Å². The monoisotopic (exact) mass is 683 g/mol. The molecule has 0 saturated heterocycles. The highest BCUT2D eigenvalue weighted by atomic mass is 32.1. The number of aromatic nitrogens is 3. The van der Waals surface area contributed by atoms with Crippen LogP contribution in [0.2, 0.25) is 0 Å². The molecule has 0 fully saturated rings. The number of hydrogen-bond acceptors (Lipinski definition) is 4. The molecular formula is C48H33N3S. The van der Waals surface area contributed by atoms with Crippen LogP contribution in [0.4, 0.5) is 0 Å². The van der Waals surface area contributed by atoms with Gasteiger partial charge in [0.15, 0.2) is 17.5 Å². The molecule has 10 rings (SSSR count). The molecule has 0 spiro atoms. The second-order valence-corrected chi connectivity index (χ2v) is 15.1. The van der Waals surface area contributed by atoms with Gasteiger partial charge in [-0.1, -0.05) is 159 Å². The summed E-state index contributed by atoms with van der Waals surface area (Å²) >= 11 is 1.84. The lowest BCUT2D eigenvalue weighted by atomic mass is 9.82. The number of rotatable bonds is 5. The van der Waals surface area contributed by atoms with Crippen LogP contribution in [-0.4, -0.2) is 15.0 Å². The van der Waals surface area contributed by atoms with E-state index in [2.05, 4.69) is 172 Å². The zero-order valence-electron chi connectivity index (χ0n) is 28.8. The van der Waals surface area contributed by atoms with Crippen LogP contribution < -0.4 is 0 Å². The van der Waals surface area contributed by atoms with Crippen LogP contribution in [0, 0.1) is 0 Å². The van der Waals surface area contributed by atoms with Gasteiger partial charge in [-0.15, -0.1) is 11.3 Å². The van der Waals surface area contributed by atoms with Crippen molar-refractivity contribution in [3.05, 3.63) is 175 Å². The lowest BCUT2D eigenvalue weighted by Crippen LogP contribution is -2.14. The average molecular weight is 684 g/mol. The third-order valence-corrected chi connectivity index (χ3v) is 11.7. The summed E-state index contributed by atoms with van der Waals surface area (Å²) in [6.45, 7) is 4.61. The van der Waals surface area contributed by atoms with Crippen LogP contribution in [0.3, 0.4) is 0 Å². The molecular weight excluding hydrogens is 651 g/mol. The molecule has 0 atom stereocenters. The summed E-state index contributed by atoms with van der Waals surface area (Å²) in [5, 5.41) is 2.61. The molecule has 4 heteroatoms. The van der Waals surface area contributed by atoms with E-state index < -0.39 is 0 Å². The van der Waals surface area contributed by atoms with Crippen LogP contribution >= 0.6 is 11.3 Å². The Labute approximate surface area is 307 Å². The fourth-order valence-corrected chi connectivity index (χ4v) is 9.03. The highest BCUT2D eigenvalue weighted by molar-refractivity contribution is 7.25. The van der Waals surface area contributed by atoms with Gasteiger partial charge in [0, 0.05) is 42.3 Å². The van der Waals surface area contributed by atoms with Gasteiger partial charge in [-0.05, 0) is 62.7 Å². The molecule has 0 saturated carbocycles. The molecule has 3 nitrogen and oxygen atoms in total. The Balaban J connectivity index is 1.13. The van der Waals surface area contributed by atoms with Gasteiger partial charge in [-0.25, -0.2) is 15.0 Å². The van der Waals surface area contributed by atoms with E-state index in [-0.39, 0.29) is 5.41 Å². The Morgan fingerprint density at radius 1 is 0.385 bits per heavy atom. The van der Waals surface area contributed by atoms with Gasteiger partial charge in [0.05, 0.1) is 0 Å². The molecule has 2 heterocycles. The summed E-state index contributed by atoms with van der Waals surface area (Å²) in [6.07, 6.45) is 0. The Morgan fingerprint density at radius 3 is 1.81 bits per heavy atom. The first-order valence-electron chi connectivity index (χ1n) is 17.7. The summed E-state index contributed by atoms with van der Waals surface area (Å²) in [5.74, 6) is 1.98. The minimum Gasteiger partial charge on any atom is -0.208 e. The summed E-state index contributed by atoms with van der Waals surface area (Å²) < 4.78 is 2.60. The van der Waals surface area contributed by atoms with Crippen molar-refractivity contribution in [2.24, 2.45) is 0 Å². The Hall–Kier alpha value is -6.23. The summed E-state index contributed by atoms with van der Waals surface area (Å²) in [4.78, 5) is 15.6. The number of nitrogens with zero attached hydrogens (tertiary/aromatic N) is 3. The van der Waals surface area contributed by atoms with Crippen molar-refractivity contribution in [2.45, 2.75) is 19.3 Å². The number of thiophene rings is 1. The van der Waals surface area contributed by atoms with Gasteiger partial charge < -0.3 is 0 Å². The molecule has 52 heavy (non-hydrogen) atoms. The molecule has 7 aromatic carbocycles. The van der Waals surface area contributed by atoms with Crippen molar-refractivity contribution in [1.82, 2.24) is 15.0 Å². The molecule has 9 aromatic rings. The summed E-state index contributed by atoms with van der Waals surface area (Å²) in [6, 6.07) is 58.3. The van der Waals surface area contributed by atoms with E-state index in [4.69, 9.17) is 15.0 Å². The maximum absolute atomic E-state index is 5.26. The smallest absolute Gasteiger partial charge is 0.164 e. The third kappa shape index (κ3) is 4.98. The molecule has 0 N–H and O–H groups in total. The van der Waals surface area contributed by atoms with Gasteiger partial charge in [0.2, 0.25) is 0 Å². The van der Waals surface area contributed by atoms with Crippen LogP contribution in [0.15, 0.2) is 164 Å². The minimum absolute atomic E-state index is 0.127. The maximum Gasteiger partial charge on any atom is 0.164 e. The minimum atomic E-state index is -0.127. The van der Waals surface area contributed by atoms with Gasteiger partial charge in [-0.3, -0.25) is 0 Å². The van der Waals surface area contributed by atoms with Gasteiger partial charge in [0.1, 0.15) is 0 Å². The average Bonchev–Trinajstić information content (AvgIpc) is 3.69. The van der Waals surface area contributed by atoms with E-state index in [1.54, 1.807) is 0 Å². The SMILES string of the molecule is CC1(C)c2ccccc2-c2c(-c3nc(-c4ccc(-c5ccccc5)cc4)nc(-c4cccc(-c5ccc6c(c5)sc5ccccc56)c4)n3)cccc21. The lowest BCUT2D eigenvalue weighted by Gasteiger charge is -2.21. The maximum atomic E-state index is 5.26. The Morgan fingerprint density at radius 2 is 0.942 bits per heavy atom. The Kier molecular flexibility index (Phi) is 7.02. The van der Waals surface area contributed by atoms with Crippen molar-refractivity contribution >= 4 is 31.5 Å². The van der Waals surface area contributed by atoms with E-state index in [0.717, 1.165) is 27.8 Å². The predicted octanol–water partition coefficient (Wildman–Crippen LogP) is 12.9. The molecule has 0 unspecified atom stereocenters. The van der Waals surface area contributed by atoms with Crippen LogP contribution in [0.1, 0.15) is 25.0 Å². The van der Waals surface area contributed by atoms with Crippen molar-refractivity contribution in [1.29, 1.82) is 0 Å². The molecule has 0 amide bonds. The largest absolute Gasteiger partial charge is 0.208 e. The third-order valence-electron chi connectivity index (χ3n) is 10.6. The standard InChI is InChI=1S/C48H33N3S/c1-48(2)40-19-8-6-17-38(40)44-39(18-11-20-41(44)48)47-50-45(32-24-22-31(23-25-32)30-12-4-3-5-13-30)49-46(51-47)35-15-10-14-33(28-35)34-26-27-37-36-16-7-9-21-42(36)52-43(37)29-34/h3-29H,1-2H3. The normalized spacial score (nSPS) is 13.0. The van der Waals surface area contributed by atoms with Crippen LogP contribution in [-0.2, 0) is 5.41 Å². The molecule has 1 aliphatic carbocycles. The zero-order valence-corrected chi connectivity index (χ0v) is 29.7. The molecule has 2 aromatic heterocycles. The molecule has 0 bridgehead atoms. The van der Waals surface area contributed by atoms with Gasteiger partial charge in [-0.2, -0.15) is 0 Å². The van der Waals surface area contributed by atoms with Crippen molar-refractivity contribution in [3.8, 4) is 67.5 Å². The first-order chi connectivity index (χ1) is 25.5. The van der Waals surface area contributed by atoms with E-state index in [1.165, 1.54) is 53.6 Å². The van der Waals surface area contributed by atoms with Crippen molar-refractivity contribution < 1.29 is 0 Å².